The van der Waals surface area contributed by atoms with E-state index in [2.05, 4.69) is 30.3 Å². The molecule has 0 aliphatic rings. The number of rotatable bonds is 4. The molecule has 2 aromatic carbocycles. The summed E-state index contributed by atoms with van der Waals surface area (Å²) in [7, 11) is 0. The van der Waals surface area contributed by atoms with E-state index in [1.54, 1.807) is 41.7 Å². The van der Waals surface area contributed by atoms with Crippen LogP contribution in [-0.2, 0) is 0 Å². The van der Waals surface area contributed by atoms with Gasteiger partial charge in [-0.2, -0.15) is 10.5 Å². The molecule has 0 saturated heterocycles. The molecule has 0 atom stereocenters. The molecule has 1 heterocycles. The molecule has 5 heteroatoms. The number of carbonyl (C=O) groups is 1. The van der Waals surface area contributed by atoms with Gasteiger partial charge in [0.05, 0.1) is 29.0 Å². The van der Waals surface area contributed by atoms with Gasteiger partial charge < -0.3 is 0 Å². The number of aldehydes is 1. The number of thiazole rings is 1. The number of benzene rings is 2. The summed E-state index contributed by atoms with van der Waals surface area (Å²) in [5, 5.41) is 20.3. The van der Waals surface area contributed by atoms with Gasteiger partial charge in [-0.25, -0.2) is 4.98 Å². The van der Waals surface area contributed by atoms with E-state index >= 15 is 0 Å². The molecule has 0 N–H and O–H groups in total. The van der Waals surface area contributed by atoms with E-state index in [9.17, 15) is 4.79 Å². The molecule has 4 nitrogen and oxygen atoms in total. The molecule has 28 heavy (non-hydrogen) atoms. The first kappa shape index (κ1) is 20.8. The molecule has 138 valence electrons. The lowest BCUT2D eigenvalue weighted by Gasteiger charge is -1.96. The Morgan fingerprint density at radius 2 is 1.57 bits per heavy atom. The number of aromatic nitrogens is 1. The summed E-state index contributed by atoms with van der Waals surface area (Å²) in [6, 6.07) is 18.2. The molecular formula is C23H19N3OS. The standard InChI is InChI=1S/C15H14N2S.C8H5NO/c1-11(2)14-10-18-15(17-14)7-6-12-4-3-5-13(8-12)9-16;9-5-7-2-1-3-8(4-7)6-10/h3-8,10-11H,1-2H3;1-4,6H/b7-6+;. The lowest BCUT2D eigenvalue weighted by atomic mass is 10.1. The van der Waals surface area contributed by atoms with Gasteiger partial charge in [-0.3, -0.25) is 4.79 Å². The maximum absolute atomic E-state index is 10.2. The van der Waals surface area contributed by atoms with Crippen molar-refractivity contribution in [3.05, 3.63) is 86.9 Å². The third-order valence-electron chi connectivity index (χ3n) is 3.72. The second kappa shape index (κ2) is 10.6. The third-order valence-corrected chi connectivity index (χ3v) is 4.55. The predicted octanol–water partition coefficient (Wildman–Crippen LogP) is 5.68. The van der Waals surface area contributed by atoms with E-state index in [4.69, 9.17) is 10.5 Å². The summed E-state index contributed by atoms with van der Waals surface area (Å²) in [4.78, 5) is 14.7. The van der Waals surface area contributed by atoms with E-state index in [0.29, 0.717) is 22.6 Å². The first-order valence-corrected chi connectivity index (χ1v) is 9.52. The Morgan fingerprint density at radius 3 is 2.11 bits per heavy atom. The topological polar surface area (TPSA) is 77.5 Å². The second-order valence-electron chi connectivity index (χ2n) is 6.19. The molecule has 3 aromatic rings. The minimum Gasteiger partial charge on any atom is -0.298 e. The zero-order chi connectivity index (χ0) is 20.4. The number of nitrogens with zero attached hydrogens (tertiary/aromatic N) is 3. The molecule has 3 rings (SSSR count). The quantitative estimate of drug-likeness (QED) is 0.541. The van der Waals surface area contributed by atoms with Gasteiger partial charge in [-0.05, 0) is 41.8 Å². The summed E-state index contributed by atoms with van der Waals surface area (Å²) in [6.45, 7) is 4.28. The fourth-order valence-electron chi connectivity index (χ4n) is 2.20. The van der Waals surface area contributed by atoms with Crippen molar-refractivity contribution in [3.8, 4) is 12.1 Å². The van der Waals surface area contributed by atoms with Crippen LogP contribution < -0.4 is 0 Å². The molecule has 0 fully saturated rings. The predicted molar refractivity (Wildman–Crippen MR) is 113 cm³/mol. The molecule has 0 amide bonds. The van der Waals surface area contributed by atoms with Crippen molar-refractivity contribution in [2.24, 2.45) is 0 Å². The van der Waals surface area contributed by atoms with E-state index in [1.807, 2.05) is 36.4 Å². The first-order chi connectivity index (χ1) is 13.5. The van der Waals surface area contributed by atoms with Crippen molar-refractivity contribution < 1.29 is 4.79 Å². The minimum atomic E-state index is 0.463. The molecule has 0 bridgehead atoms. The van der Waals surface area contributed by atoms with E-state index in [-0.39, 0.29) is 0 Å². The highest BCUT2D eigenvalue weighted by Crippen LogP contribution is 2.19. The Bertz CT molecular complexity index is 1050. The van der Waals surface area contributed by atoms with Crippen molar-refractivity contribution in [3.63, 3.8) is 0 Å². The van der Waals surface area contributed by atoms with Gasteiger partial charge in [0.15, 0.2) is 0 Å². The van der Waals surface area contributed by atoms with E-state index in [1.165, 1.54) is 0 Å². The summed E-state index contributed by atoms with van der Waals surface area (Å²) >= 11 is 1.64. The van der Waals surface area contributed by atoms with Crippen LogP contribution in [0.4, 0.5) is 0 Å². The smallest absolute Gasteiger partial charge is 0.150 e. The highest BCUT2D eigenvalue weighted by Gasteiger charge is 2.03. The minimum absolute atomic E-state index is 0.463. The number of nitriles is 2. The summed E-state index contributed by atoms with van der Waals surface area (Å²) in [5.41, 5.74) is 3.89. The Balaban J connectivity index is 0.000000237. The largest absolute Gasteiger partial charge is 0.298 e. The average molecular weight is 385 g/mol. The normalized spacial score (nSPS) is 10.0. The second-order valence-corrected chi connectivity index (χ2v) is 7.08. The Hall–Kier alpha value is -3.54. The van der Waals surface area contributed by atoms with Gasteiger partial charge in [0.2, 0.25) is 0 Å². The summed E-state index contributed by atoms with van der Waals surface area (Å²) < 4.78 is 0. The van der Waals surface area contributed by atoms with Crippen molar-refractivity contribution in [1.29, 1.82) is 10.5 Å². The van der Waals surface area contributed by atoms with E-state index in [0.717, 1.165) is 22.6 Å². The average Bonchev–Trinajstić information content (AvgIpc) is 3.22. The Kier molecular flexibility index (Phi) is 7.84. The number of hydrogen-bond acceptors (Lipinski definition) is 5. The van der Waals surface area contributed by atoms with Crippen LogP contribution in [0.15, 0.2) is 53.9 Å². The van der Waals surface area contributed by atoms with Gasteiger partial charge in [0.25, 0.3) is 0 Å². The molecule has 0 spiro atoms. The summed E-state index contributed by atoms with van der Waals surface area (Å²) in [6.07, 6.45) is 4.71. The summed E-state index contributed by atoms with van der Waals surface area (Å²) in [5.74, 6) is 0.463. The van der Waals surface area contributed by atoms with Gasteiger partial charge >= 0.3 is 0 Å². The maximum Gasteiger partial charge on any atom is 0.150 e. The Labute approximate surface area is 169 Å². The van der Waals surface area contributed by atoms with Crippen LogP contribution in [-0.4, -0.2) is 11.3 Å². The van der Waals surface area contributed by atoms with Gasteiger partial charge in [0, 0.05) is 10.9 Å². The van der Waals surface area contributed by atoms with Crippen LogP contribution >= 0.6 is 11.3 Å². The molecule has 0 unspecified atom stereocenters. The highest BCUT2D eigenvalue weighted by atomic mass is 32.1. The number of hydrogen-bond donors (Lipinski definition) is 0. The van der Waals surface area contributed by atoms with E-state index < -0.39 is 0 Å². The first-order valence-electron chi connectivity index (χ1n) is 8.64. The van der Waals surface area contributed by atoms with Crippen LogP contribution in [0.2, 0.25) is 0 Å². The van der Waals surface area contributed by atoms with Crippen molar-refractivity contribution in [2.75, 3.05) is 0 Å². The molecule has 0 saturated carbocycles. The zero-order valence-electron chi connectivity index (χ0n) is 15.7. The van der Waals surface area contributed by atoms with Crippen LogP contribution in [0.3, 0.4) is 0 Å². The van der Waals surface area contributed by atoms with Crippen LogP contribution in [0.25, 0.3) is 12.2 Å². The third kappa shape index (κ3) is 6.32. The van der Waals surface area contributed by atoms with Crippen molar-refractivity contribution >= 4 is 29.8 Å². The SMILES string of the molecule is CC(C)c1csc(/C=C/c2cccc(C#N)c2)n1.N#Cc1cccc(C=O)c1. The Morgan fingerprint density at radius 1 is 0.964 bits per heavy atom. The lowest BCUT2D eigenvalue weighted by molar-refractivity contribution is 0.112. The molecule has 1 aromatic heterocycles. The fourth-order valence-corrected chi connectivity index (χ4v) is 3.07. The lowest BCUT2D eigenvalue weighted by Crippen LogP contribution is -1.85. The number of carbonyl (C=O) groups excluding carboxylic acids is 1. The van der Waals surface area contributed by atoms with Gasteiger partial charge in [-0.1, -0.05) is 44.2 Å². The van der Waals surface area contributed by atoms with Gasteiger partial charge in [0.1, 0.15) is 11.3 Å². The zero-order valence-corrected chi connectivity index (χ0v) is 16.5. The highest BCUT2D eigenvalue weighted by molar-refractivity contribution is 7.10. The van der Waals surface area contributed by atoms with Gasteiger partial charge in [-0.15, -0.1) is 11.3 Å². The van der Waals surface area contributed by atoms with Crippen LogP contribution in [0.1, 0.15) is 57.5 Å². The monoisotopic (exact) mass is 385 g/mol. The fraction of sp³-hybridized carbons (Fsp3) is 0.130. The molecule has 0 aliphatic heterocycles. The van der Waals surface area contributed by atoms with Crippen LogP contribution in [0, 0.1) is 22.7 Å². The molecular weight excluding hydrogens is 366 g/mol. The van der Waals surface area contributed by atoms with Crippen molar-refractivity contribution in [1.82, 2.24) is 4.98 Å². The molecule has 0 aliphatic carbocycles. The maximum atomic E-state index is 10.2. The van der Waals surface area contributed by atoms with Crippen LogP contribution in [0.5, 0.6) is 0 Å². The van der Waals surface area contributed by atoms with Crippen molar-refractivity contribution in [2.45, 2.75) is 19.8 Å². The molecule has 0 radical (unpaired) electrons.